The van der Waals surface area contributed by atoms with Gasteiger partial charge in [0.2, 0.25) is 0 Å². The molecule has 0 amide bonds. The van der Waals surface area contributed by atoms with E-state index in [0.29, 0.717) is 6.42 Å². The van der Waals surface area contributed by atoms with Gasteiger partial charge in [0, 0.05) is 6.26 Å². The first-order chi connectivity index (χ1) is 10.2. The number of esters is 1. The fraction of sp³-hybridized carbons (Fsp3) is 0.611. The third-order valence-electron chi connectivity index (χ3n) is 3.22. The van der Waals surface area contributed by atoms with Crippen LogP contribution in [0.15, 0.2) is 29.2 Å². The number of hydrogen-bond donors (Lipinski definition) is 0. The van der Waals surface area contributed by atoms with Crippen molar-refractivity contribution in [2.45, 2.75) is 64.4 Å². The topological polar surface area (TPSA) is 60.4 Å². The van der Waals surface area contributed by atoms with E-state index in [-0.39, 0.29) is 16.3 Å². The third-order valence-corrected chi connectivity index (χ3v) is 4.35. The van der Waals surface area contributed by atoms with Crippen LogP contribution >= 0.6 is 0 Å². The minimum atomic E-state index is -3.25. The second kappa shape index (κ2) is 6.63. The summed E-state index contributed by atoms with van der Waals surface area (Å²) >= 11 is 0. The van der Waals surface area contributed by atoms with Crippen LogP contribution in [0.25, 0.3) is 0 Å². The molecule has 0 saturated heterocycles. The van der Waals surface area contributed by atoms with Crippen LogP contribution in [0, 0.1) is 5.41 Å². The maximum atomic E-state index is 12.6. The molecule has 0 unspecified atom stereocenters. The zero-order chi connectivity index (χ0) is 18.1. The van der Waals surface area contributed by atoms with Crippen LogP contribution in [0.2, 0.25) is 0 Å². The molecule has 1 aromatic rings. The van der Waals surface area contributed by atoms with Gasteiger partial charge in [-0.2, -0.15) is 0 Å². The summed E-state index contributed by atoms with van der Waals surface area (Å²) in [5, 5.41) is 0. The predicted octanol–water partition coefficient (Wildman–Crippen LogP) is 3.95. The molecule has 0 fully saturated rings. The summed E-state index contributed by atoms with van der Waals surface area (Å²) in [5.41, 5.74) is 0.165. The molecule has 1 aromatic carbocycles. The molecular formula is C18H28O4S. The van der Waals surface area contributed by atoms with E-state index in [4.69, 9.17) is 4.74 Å². The van der Waals surface area contributed by atoms with E-state index in [9.17, 15) is 13.2 Å². The van der Waals surface area contributed by atoms with Gasteiger partial charge in [0.1, 0.15) is 5.60 Å². The molecule has 5 heteroatoms. The van der Waals surface area contributed by atoms with Crippen LogP contribution < -0.4 is 0 Å². The van der Waals surface area contributed by atoms with E-state index in [2.05, 4.69) is 20.8 Å². The molecule has 0 bridgehead atoms. The van der Waals surface area contributed by atoms with Gasteiger partial charge in [-0.3, -0.25) is 4.79 Å². The van der Waals surface area contributed by atoms with Gasteiger partial charge in [-0.05, 0) is 50.3 Å². The Morgan fingerprint density at radius 2 is 1.52 bits per heavy atom. The molecule has 0 heterocycles. The average Bonchev–Trinajstić information content (AvgIpc) is 2.32. The quantitative estimate of drug-likeness (QED) is 0.779. The Bertz CT molecular complexity index is 644. The average molecular weight is 340 g/mol. The second-order valence-electron chi connectivity index (χ2n) is 8.19. The summed E-state index contributed by atoms with van der Waals surface area (Å²) in [4.78, 5) is 12.8. The molecular weight excluding hydrogens is 312 g/mol. The molecule has 0 aliphatic rings. The fourth-order valence-electron chi connectivity index (χ4n) is 2.27. The highest BCUT2D eigenvalue weighted by atomic mass is 32.2. The second-order valence-corrected chi connectivity index (χ2v) is 10.2. The Morgan fingerprint density at radius 1 is 1.04 bits per heavy atom. The van der Waals surface area contributed by atoms with E-state index >= 15 is 0 Å². The molecule has 0 aromatic heterocycles. The molecule has 4 nitrogen and oxygen atoms in total. The maximum absolute atomic E-state index is 12.6. The first kappa shape index (κ1) is 19.7. The van der Waals surface area contributed by atoms with Crippen molar-refractivity contribution in [3.63, 3.8) is 0 Å². The monoisotopic (exact) mass is 340 g/mol. The molecule has 0 N–H and O–H groups in total. The number of rotatable bonds is 4. The van der Waals surface area contributed by atoms with Crippen molar-refractivity contribution in [3.8, 4) is 0 Å². The van der Waals surface area contributed by atoms with Crippen LogP contribution in [0.3, 0.4) is 0 Å². The summed E-state index contributed by atoms with van der Waals surface area (Å²) in [6.07, 6.45) is 1.79. The van der Waals surface area contributed by atoms with Gasteiger partial charge in [0.25, 0.3) is 0 Å². The molecule has 0 aliphatic carbocycles. The van der Waals surface area contributed by atoms with E-state index < -0.39 is 21.4 Å². The number of ether oxygens (including phenoxy) is 1. The lowest BCUT2D eigenvalue weighted by atomic mass is 9.81. The molecule has 0 saturated carbocycles. The summed E-state index contributed by atoms with van der Waals surface area (Å²) in [6.45, 7) is 11.7. The number of carbonyl (C=O) groups excluding carboxylic acids is 1. The van der Waals surface area contributed by atoms with Crippen molar-refractivity contribution in [1.29, 1.82) is 0 Å². The van der Waals surface area contributed by atoms with E-state index in [0.717, 1.165) is 5.56 Å². The molecule has 1 rings (SSSR count). The van der Waals surface area contributed by atoms with Gasteiger partial charge >= 0.3 is 5.97 Å². The van der Waals surface area contributed by atoms with Crippen LogP contribution in [0.1, 0.15) is 59.4 Å². The van der Waals surface area contributed by atoms with Gasteiger partial charge in [-0.15, -0.1) is 0 Å². The summed E-state index contributed by atoms with van der Waals surface area (Å²) in [5.74, 6) is -0.692. The van der Waals surface area contributed by atoms with Crippen molar-refractivity contribution >= 4 is 15.8 Å². The maximum Gasteiger partial charge on any atom is 0.313 e. The smallest absolute Gasteiger partial charge is 0.313 e. The molecule has 0 spiro atoms. The van der Waals surface area contributed by atoms with Crippen LogP contribution in [-0.4, -0.2) is 26.2 Å². The Hall–Kier alpha value is -1.36. The minimum absolute atomic E-state index is 0.0585. The number of carbonyl (C=O) groups is 1. The molecule has 0 radical (unpaired) electrons. The standard InChI is InChI=1S/C18H28O4S/c1-17(2,3)12-15(16(19)22-18(4,5)6)13-8-10-14(11-9-13)23(7,20)21/h8-11,15H,12H2,1-7H3/t15-/m1/s1. The van der Waals surface area contributed by atoms with E-state index in [1.807, 2.05) is 20.8 Å². The third kappa shape index (κ3) is 6.73. The van der Waals surface area contributed by atoms with Crippen molar-refractivity contribution < 1.29 is 17.9 Å². The first-order valence-electron chi connectivity index (χ1n) is 7.72. The lowest BCUT2D eigenvalue weighted by Crippen LogP contribution is -2.29. The van der Waals surface area contributed by atoms with Gasteiger partial charge in [0.05, 0.1) is 10.8 Å². The van der Waals surface area contributed by atoms with Crippen LogP contribution in [0.4, 0.5) is 0 Å². The highest BCUT2D eigenvalue weighted by molar-refractivity contribution is 7.90. The van der Waals surface area contributed by atoms with Crippen molar-refractivity contribution in [3.05, 3.63) is 29.8 Å². The van der Waals surface area contributed by atoms with Crippen molar-refractivity contribution in [1.82, 2.24) is 0 Å². The van der Waals surface area contributed by atoms with E-state index in [1.54, 1.807) is 24.3 Å². The van der Waals surface area contributed by atoms with Crippen molar-refractivity contribution in [2.75, 3.05) is 6.26 Å². The van der Waals surface area contributed by atoms with Gasteiger partial charge < -0.3 is 4.74 Å². The zero-order valence-corrected chi connectivity index (χ0v) is 16.0. The lowest BCUT2D eigenvalue weighted by Gasteiger charge is -2.28. The predicted molar refractivity (Wildman–Crippen MR) is 92.2 cm³/mol. The summed E-state index contributed by atoms with van der Waals surface area (Å²) in [7, 11) is -3.25. The summed E-state index contributed by atoms with van der Waals surface area (Å²) in [6, 6.07) is 6.50. The fourth-order valence-corrected chi connectivity index (χ4v) is 2.90. The number of sulfone groups is 1. The van der Waals surface area contributed by atoms with Gasteiger partial charge in [-0.25, -0.2) is 8.42 Å². The molecule has 23 heavy (non-hydrogen) atoms. The molecule has 130 valence electrons. The largest absolute Gasteiger partial charge is 0.459 e. The molecule has 1 atom stereocenters. The van der Waals surface area contributed by atoms with E-state index in [1.165, 1.54) is 6.26 Å². The first-order valence-corrected chi connectivity index (χ1v) is 9.61. The van der Waals surface area contributed by atoms with Crippen molar-refractivity contribution in [2.24, 2.45) is 5.41 Å². The van der Waals surface area contributed by atoms with Crippen LogP contribution in [0.5, 0.6) is 0 Å². The highest BCUT2D eigenvalue weighted by Gasteiger charge is 2.30. The Kier molecular flexibility index (Phi) is 5.68. The zero-order valence-electron chi connectivity index (χ0n) is 15.1. The highest BCUT2D eigenvalue weighted by Crippen LogP contribution is 2.33. The SMILES string of the molecule is CC(C)(C)C[C@@H](C(=O)OC(C)(C)C)c1ccc(S(C)(=O)=O)cc1. The summed E-state index contributed by atoms with van der Waals surface area (Å²) < 4.78 is 28.7. The normalized spacial score (nSPS) is 14.4. The Labute approximate surface area is 140 Å². The Balaban J connectivity index is 3.16. The molecule has 0 aliphatic heterocycles. The minimum Gasteiger partial charge on any atom is -0.459 e. The van der Waals surface area contributed by atoms with Gasteiger partial charge in [0.15, 0.2) is 9.84 Å². The lowest BCUT2D eigenvalue weighted by molar-refractivity contribution is -0.157. The number of benzene rings is 1. The van der Waals surface area contributed by atoms with Gasteiger partial charge in [-0.1, -0.05) is 32.9 Å². The van der Waals surface area contributed by atoms with Crippen LogP contribution in [-0.2, 0) is 19.4 Å². The number of hydrogen-bond acceptors (Lipinski definition) is 4. The Morgan fingerprint density at radius 3 is 1.87 bits per heavy atom.